The highest BCUT2D eigenvalue weighted by molar-refractivity contribution is 6.00. The highest BCUT2D eigenvalue weighted by Gasteiger charge is 2.21. The first-order valence-corrected chi connectivity index (χ1v) is 9.86. The Morgan fingerprint density at radius 2 is 1.87 bits per heavy atom. The summed E-state index contributed by atoms with van der Waals surface area (Å²) in [7, 11) is 1.52. The Labute approximate surface area is 180 Å². The molecule has 0 atom stereocenters. The predicted molar refractivity (Wildman–Crippen MR) is 116 cm³/mol. The summed E-state index contributed by atoms with van der Waals surface area (Å²) >= 11 is 0. The number of hydrogen-bond acceptors (Lipinski definition) is 4. The highest BCUT2D eigenvalue weighted by atomic mass is 19.1. The van der Waals surface area contributed by atoms with Crippen molar-refractivity contribution in [2.24, 2.45) is 0 Å². The number of amides is 2. The molecule has 3 aromatic rings. The quantitative estimate of drug-likeness (QED) is 0.604. The number of carbonyl (C=O) groups excluding carboxylic acids is 2. The van der Waals surface area contributed by atoms with Gasteiger partial charge in [0, 0.05) is 0 Å². The molecular formula is C23H25FN4O3. The average Bonchev–Trinajstić information content (AvgIpc) is 3.18. The Kier molecular flexibility index (Phi) is 6.69. The largest absolute Gasteiger partial charge is 0.495 e. The van der Waals surface area contributed by atoms with Crippen molar-refractivity contribution >= 4 is 17.5 Å². The monoisotopic (exact) mass is 424 g/mol. The van der Waals surface area contributed by atoms with Crippen molar-refractivity contribution in [3.8, 4) is 11.4 Å². The number of anilines is 1. The van der Waals surface area contributed by atoms with Gasteiger partial charge in [-0.3, -0.25) is 9.59 Å². The van der Waals surface area contributed by atoms with Crippen LogP contribution in [0.1, 0.15) is 41.4 Å². The minimum Gasteiger partial charge on any atom is -0.495 e. The van der Waals surface area contributed by atoms with Crippen LogP contribution in [0.25, 0.3) is 5.69 Å². The normalized spacial score (nSPS) is 10.8. The van der Waals surface area contributed by atoms with E-state index in [1.807, 2.05) is 26.8 Å². The van der Waals surface area contributed by atoms with Gasteiger partial charge >= 0.3 is 0 Å². The van der Waals surface area contributed by atoms with Crippen molar-refractivity contribution in [3.05, 3.63) is 71.3 Å². The van der Waals surface area contributed by atoms with E-state index in [1.165, 1.54) is 25.4 Å². The molecule has 0 fully saturated rings. The Morgan fingerprint density at radius 1 is 1.16 bits per heavy atom. The van der Waals surface area contributed by atoms with E-state index in [1.54, 1.807) is 28.9 Å². The molecule has 2 aromatic carbocycles. The van der Waals surface area contributed by atoms with Crippen LogP contribution in [0.4, 0.5) is 10.1 Å². The molecule has 0 spiro atoms. The fourth-order valence-corrected chi connectivity index (χ4v) is 3.25. The van der Waals surface area contributed by atoms with Crippen LogP contribution >= 0.6 is 0 Å². The number of nitrogens with one attached hydrogen (secondary N) is 2. The van der Waals surface area contributed by atoms with Gasteiger partial charge in [0.2, 0.25) is 5.91 Å². The lowest BCUT2D eigenvalue weighted by atomic mass is 10.0. The van der Waals surface area contributed by atoms with Crippen LogP contribution in [0.2, 0.25) is 0 Å². The topological polar surface area (TPSA) is 85.2 Å². The molecule has 0 saturated heterocycles. The second kappa shape index (κ2) is 9.42. The summed E-state index contributed by atoms with van der Waals surface area (Å²) in [6.45, 7) is 5.56. The van der Waals surface area contributed by atoms with E-state index in [0.717, 1.165) is 5.56 Å². The molecule has 0 aliphatic carbocycles. The van der Waals surface area contributed by atoms with Crippen molar-refractivity contribution < 1.29 is 18.7 Å². The second-order valence-corrected chi connectivity index (χ2v) is 7.42. The lowest BCUT2D eigenvalue weighted by molar-refractivity contribution is -0.115. The number of aromatic nitrogens is 2. The summed E-state index contributed by atoms with van der Waals surface area (Å²) in [5, 5.41) is 9.68. The molecule has 0 saturated carbocycles. The van der Waals surface area contributed by atoms with E-state index in [4.69, 9.17) is 4.74 Å². The summed E-state index contributed by atoms with van der Waals surface area (Å²) in [6.07, 6.45) is 1.45. The molecule has 0 unspecified atom stereocenters. The lowest BCUT2D eigenvalue weighted by Gasteiger charge is -2.13. The zero-order valence-electron chi connectivity index (χ0n) is 17.9. The number of benzene rings is 2. The third-order valence-corrected chi connectivity index (χ3v) is 4.71. The molecule has 0 bridgehead atoms. The number of carbonyl (C=O) groups is 2. The average molecular weight is 424 g/mol. The zero-order chi connectivity index (χ0) is 22.5. The first kappa shape index (κ1) is 22.0. The second-order valence-electron chi connectivity index (χ2n) is 7.42. The number of hydrogen-bond donors (Lipinski definition) is 2. The summed E-state index contributed by atoms with van der Waals surface area (Å²) < 4.78 is 20.1. The van der Waals surface area contributed by atoms with Crippen molar-refractivity contribution in [1.29, 1.82) is 0 Å². The van der Waals surface area contributed by atoms with E-state index in [-0.39, 0.29) is 24.2 Å². The van der Waals surface area contributed by atoms with Gasteiger partial charge in [0.25, 0.3) is 5.91 Å². The summed E-state index contributed by atoms with van der Waals surface area (Å²) in [4.78, 5) is 25.1. The molecule has 1 heterocycles. The standard InChI is InChI=1S/C23H25FN4O3/c1-14(2)22-18(12-26-28(22)17-8-6-16(24)7-9-17)23(30)25-13-21(29)27-19-11-15(3)5-10-20(19)31-4/h5-12,14H,13H2,1-4H3,(H,25,30)(H,27,29). The minimum atomic E-state index is -0.414. The highest BCUT2D eigenvalue weighted by Crippen LogP contribution is 2.25. The van der Waals surface area contributed by atoms with Gasteiger partial charge in [0.05, 0.1) is 42.5 Å². The van der Waals surface area contributed by atoms with E-state index in [2.05, 4.69) is 15.7 Å². The molecule has 1 aromatic heterocycles. The molecule has 3 rings (SSSR count). The fourth-order valence-electron chi connectivity index (χ4n) is 3.25. The van der Waals surface area contributed by atoms with Crippen LogP contribution in [0.15, 0.2) is 48.7 Å². The van der Waals surface area contributed by atoms with Crippen molar-refractivity contribution in [2.45, 2.75) is 26.7 Å². The first-order chi connectivity index (χ1) is 14.8. The summed E-state index contributed by atoms with van der Waals surface area (Å²) in [6, 6.07) is 11.3. The van der Waals surface area contributed by atoms with E-state index in [0.29, 0.717) is 28.4 Å². The van der Waals surface area contributed by atoms with Crippen LogP contribution in [0.3, 0.4) is 0 Å². The molecule has 8 heteroatoms. The van der Waals surface area contributed by atoms with Crippen LogP contribution in [-0.2, 0) is 4.79 Å². The van der Waals surface area contributed by atoms with Gasteiger partial charge in [-0.1, -0.05) is 19.9 Å². The van der Waals surface area contributed by atoms with Crippen molar-refractivity contribution in [2.75, 3.05) is 19.0 Å². The number of aryl methyl sites for hydroxylation is 1. The van der Waals surface area contributed by atoms with Gasteiger partial charge in [0.1, 0.15) is 11.6 Å². The Hall–Kier alpha value is -3.68. The lowest BCUT2D eigenvalue weighted by Crippen LogP contribution is -2.33. The molecule has 2 N–H and O–H groups in total. The zero-order valence-corrected chi connectivity index (χ0v) is 17.9. The van der Waals surface area contributed by atoms with Gasteiger partial charge in [-0.2, -0.15) is 5.10 Å². The maximum Gasteiger partial charge on any atom is 0.255 e. The molecule has 0 aliphatic heterocycles. The van der Waals surface area contributed by atoms with Crippen LogP contribution < -0.4 is 15.4 Å². The minimum absolute atomic E-state index is 0.0290. The Morgan fingerprint density at radius 3 is 2.52 bits per heavy atom. The van der Waals surface area contributed by atoms with Crippen LogP contribution in [-0.4, -0.2) is 35.2 Å². The maximum absolute atomic E-state index is 13.3. The molecule has 31 heavy (non-hydrogen) atoms. The smallest absolute Gasteiger partial charge is 0.255 e. The van der Waals surface area contributed by atoms with Crippen molar-refractivity contribution in [3.63, 3.8) is 0 Å². The molecule has 0 aliphatic rings. The van der Waals surface area contributed by atoms with E-state index >= 15 is 0 Å². The predicted octanol–water partition coefficient (Wildman–Crippen LogP) is 3.82. The number of nitrogens with zero attached hydrogens (tertiary/aromatic N) is 2. The Balaban J connectivity index is 1.73. The molecule has 2 amide bonds. The first-order valence-electron chi connectivity index (χ1n) is 9.86. The third kappa shape index (κ3) is 5.09. The van der Waals surface area contributed by atoms with Gasteiger partial charge in [0.15, 0.2) is 0 Å². The van der Waals surface area contributed by atoms with Gasteiger partial charge in [-0.25, -0.2) is 9.07 Å². The molecule has 0 radical (unpaired) electrons. The molecule has 162 valence electrons. The van der Waals surface area contributed by atoms with E-state index < -0.39 is 5.91 Å². The SMILES string of the molecule is COc1ccc(C)cc1NC(=O)CNC(=O)c1cnn(-c2ccc(F)cc2)c1C(C)C. The number of methoxy groups -OCH3 is 1. The van der Waals surface area contributed by atoms with Gasteiger partial charge < -0.3 is 15.4 Å². The number of ether oxygens (including phenoxy) is 1. The van der Waals surface area contributed by atoms with E-state index in [9.17, 15) is 14.0 Å². The summed E-state index contributed by atoms with van der Waals surface area (Å²) in [5.41, 5.74) is 3.18. The van der Waals surface area contributed by atoms with Crippen molar-refractivity contribution in [1.82, 2.24) is 15.1 Å². The summed E-state index contributed by atoms with van der Waals surface area (Å²) in [5.74, 6) is -0.638. The van der Waals surface area contributed by atoms with Gasteiger partial charge in [-0.05, 0) is 54.8 Å². The Bertz CT molecular complexity index is 1090. The number of rotatable bonds is 7. The fraction of sp³-hybridized carbons (Fsp3) is 0.261. The number of halogens is 1. The third-order valence-electron chi connectivity index (χ3n) is 4.71. The van der Waals surface area contributed by atoms with Gasteiger partial charge in [-0.15, -0.1) is 0 Å². The molecular weight excluding hydrogens is 399 g/mol. The molecule has 7 nitrogen and oxygen atoms in total. The van der Waals surface area contributed by atoms with Crippen LogP contribution in [0.5, 0.6) is 5.75 Å². The maximum atomic E-state index is 13.3. The van der Waals surface area contributed by atoms with Crippen LogP contribution in [0, 0.1) is 12.7 Å².